The monoisotopic (exact) mass is 246 g/mol. The molecule has 0 unspecified atom stereocenters. The topological polar surface area (TPSA) is 17.1 Å². The van der Waals surface area contributed by atoms with Crippen LogP contribution < -0.4 is 0 Å². The molecule has 0 spiro atoms. The molecule has 0 aromatic heterocycles. The molecule has 0 aromatic rings. The van der Waals surface area contributed by atoms with Crippen LogP contribution in [0.25, 0.3) is 0 Å². The smallest absolute Gasteiger partial charge is 0.159 e. The number of ketones is 1. The number of hydrogen-bond donors (Lipinski definition) is 0. The maximum Gasteiger partial charge on any atom is 0.159 e. The molecule has 1 atom stereocenters. The predicted octanol–water partition coefficient (Wildman–Crippen LogP) is 4.99. The largest absolute Gasteiger partial charge is 0.295 e. The Kier molecular flexibility index (Phi) is 5.58. The van der Waals surface area contributed by atoms with E-state index in [2.05, 4.69) is 46.8 Å². The summed E-state index contributed by atoms with van der Waals surface area (Å²) in [4.78, 5) is 12.0. The first-order valence-corrected chi connectivity index (χ1v) is 6.91. The first-order valence-electron chi connectivity index (χ1n) is 6.91. The quantitative estimate of drug-likeness (QED) is 0.638. The Hall–Kier alpha value is -1.11. The second-order valence-corrected chi connectivity index (χ2v) is 5.82. The fraction of sp³-hybridized carbons (Fsp3) is 0.588. The SMILES string of the molecule is CC(C)=CCC1=C(C)[C@@H](CC=C(C)C)CCC1=O. The van der Waals surface area contributed by atoms with E-state index in [0.29, 0.717) is 11.7 Å². The molecule has 0 aromatic carbocycles. The third kappa shape index (κ3) is 4.29. The van der Waals surface area contributed by atoms with Crippen molar-refractivity contribution in [2.45, 2.75) is 60.3 Å². The van der Waals surface area contributed by atoms with Gasteiger partial charge in [0, 0.05) is 6.42 Å². The van der Waals surface area contributed by atoms with Crippen LogP contribution in [0.3, 0.4) is 0 Å². The third-order valence-electron chi connectivity index (χ3n) is 3.67. The summed E-state index contributed by atoms with van der Waals surface area (Å²) in [5.74, 6) is 0.927. The summed E-state index contributed by atoms with van der Waals surface area (Å²) in [5.41, 5.74) is 5.04. The third-order valence-corrected chi connectivity index (χ3v) is 3.67. The second kappa shape index (κ2) is 6.72. The van der Waals surface area contributed by atoms with Gasteiger partial charge in [-0.25, -0.2) is 0 Å². The molecule has 0 bridgehead atoms. The summed E-state index contributed by atoms with van der Waals surface area (Å²) in [6.45, 7) is 10.6. The van der Waals surface area contributed by atoms with E-state index in [-0.39, 0.29) is 0 Å². The van der Waals surface area contributed by atoms with E-state index in [1.165, 1.54) is 16.7 Å². The van der Waals surface area contributed by atoms with Crippen LogP contribution in [0.5, 0.6) is 0 Å². The van der Waals surface area contributed by atoms with Gasteiger partial charge in [0.1, 0.15) is 0 Å². The van der Waals surface area contributed by atoms with Gasteiger partial charge >= 0.3 is 0 Å². The molecule has 0 amide bonds. The van der Waals surface area contributed by atoms with Crippen LogP contribution in [0.1, 0.15) is 60.3 Å². The van der Waals surface area contributed by atoms with Crippen molar-refractivity contribution in [2.24, 2.45) is 5.92 Å². The highest BCUT2D eigenvalue weighted by Gasteiger charge is 2.24. The number of carbonyl (C=O) groups excluding carboxylic acids is 1. The lowest BCUT2D eigenvalue weighted by atomic mass is 9.79. The van der Waals surface area contributed by atoms with Crippen molar-refractivity contribution < 1.29 is 4.79 Å². The summed E-state index contributed by atoms with van der Waals surface area (Å²) < 4.78 is 0. The molecule has 0 heterocycles. The predicted molar refractivity (Wildman–Crippen MR) is 78.5 cm³/mol. The zero-order valence-corrected chi connectivity index (χ0v) is 12.5. The molecule has 100 valence electrons. The van der Waals surface area contributed by atoms with Gasteiger partial charge in [-0.15, -0.1) is 0 Å². The number of hydrogen-bond acceptors (Lipinski definition) is 1. The van der Waals surface area contributed by atoms with Gasteiger partial charge in [-0.3, -0.25) is 4.79 Å². The Morgan fingerprint density at radius 1 is 1.17 bits per heavy atom. The molecule has 1 rings (SSSR count). The van der Waals surface area contributed by atoms with Gasteiger partial charge < -0.3 is 0 Å². The summed E-state index contributed by atoms with van der Waals surface area (Å²) in [6, 6.07) is 0. The molecule has 0 saturated carbocycles. The Morgan fingerprint density at radius 2 is 1.78 bits per heavy atom. The highest BCUT2D eigenvalue weighted by Crippen LogP contribution is 2.32. The van der Waals surface area contributed by atoms with Crippen molar-refractivity contribution >= 4 is 5.78 Å². The highest BCUT2D eigenvalue weighted by atomic mass is 16.1. The van der Waals surface area contributed by atoms with Crippen LogP contribution in [-0.4, -0.2) is 5.78 Å². The Bertz CT molecular complexity index is 399. The van der Waals surface area contributed by atoms with Crippen LogP contribution in [0.15, 0.2) is 34.4 Å². The van der Waals surface area contributed by atoms with Crippen molar-refractivity contribution in [1.29, 1.82) is 0 Å². The van der Waals surface area contributed by atoms with Crippen molar-refractivity contribution in [3.63, 3.8) is 0 Å². The van der Waals surface area contributed by atoms with Crippen LogP contribution in [0.2, 0.25) is 0 Å². The van der Waals surface area contributed by atoms with E-state index in [9.17, 15) is 4.79 Å². The van der Waals surface area contributed by atoms with Gasteiger partial charge in [0.25, 0.3) is 0 Å². The lowest BCUT2D eigenvalue weighted by Crippen LogP contribution is -2.18. The molecule has 1 nitrogen and oxygen atoms in total. The number of carbonyl (C=O) groups is 1. The van der Waals surface area contributed by atoms with Crippen LogP contribution in [-0.2, 0) is 4.79 Å². The highest BCUT2D eigenvalue weighted by molar-refractivity contribution is 5.97. The first kappa shape index (κ1) is 14.9. The van der Waals surface area contributed by atoms with Crippen molar-refractivity contribution in [3.8, 4) is 0 Å². The van der Waals surface area contributed by atoms with Gasteiger partial charge in [-0.2, -0.15) is 0 Å². The van der Waals surface area contributed by atoms with Gasteiger partial charge in [-0.05, 0) is 65.4 Å². The van der Waals surface area contributed by atoms with E-state index in [4.69, 9.17) is 0 Å². The van der Waals surface area contributed by atoms with E-state index >= 15 is 0 Å². The Balaban J connectivity index is 2.87. The normalized spacial score (nSPS) is 19.8. The van der Waals surface area contributed by atoms with Crippen molar-refractivity contribution in [1.82, 2.24) is 0 Å². The molecule has 0 fully saturated rings. The van der Waals surface area contributed by atoms with E-state index in [1.807, 2.05) is 0 Å². The number of Topliss-reactive ketones (excluding diaryl/α,β-unsaturated/α-hetero) is 1. The molecule has 0 N–H and O–H groups in total. The molecule has 1 aliphatic rings. The van der Waals surface area contributed by atoms with Crippen molar-refractivity contribution in [3.05, 3.63) is 34.4 Å². The second-order valence-electron chi connectivity index (χ2n) is 5.82. The van der Waals surface area contributed by atoms with Gasteiger partial charge in [0.15, 0.2) is 5.78 Å². The molecule has 18 heavy (non-hydrogen) atoms. The molecule has 1 aliphatic carbocycles. The van der Waals surface area contributed by atoms with Crippen molar-refractivity contribution in [2.75, 3.05) is 0 Å². The van der Waals surface area contributed by atoms with E-state index in [1.54, 1.807) is 0 Å². The van der Waals surface area contributed by atoms with Crippen LogP contribution >= 0.6 is 0 Å². The molecule has 0 saturated heterocycles. The number of allylic oxidation sites excluding steroid dienone is 6. The first-order chi connectivity index (χ1) is 8.41. The average molecular weight is 246 g/mol. The Morgan fingerprint density at radius 3 is 2.33 bits per heavy atom. The summed E-state index contributed by atoms with van der Waals surface area (Å²) in [6.07, 6.45) is 8.11. The fourth-order valence-electron chi connectivity index (χ4n) is 2.39. The fourth-order valence-corrected chi connectivity index (χ4v) is 2.39. The van der Waals surface area contributed by atoms with Gasteiger partial charge in [0.05, 0.1) is 0 Å². The van der Waals surface area contributed by atoms with Gasteiger partial charge in [0.2, 0.25) is 0 Å². The zero-order valence-electron chi connectivity index (χ0n) is 12.5. The zero-order chi connectivity index (χ0) is 13.7. The molecule has 0 aliphatic heterocycles. The lowest BCUT2D eigenvalue weighted by Gasteiger charge is -2.24. The minimum atomic E-state index is 0.360. The van der Waals surface area contributed by atoms with Crippen LogP contribution in [0, 0.1) is 5.92 Å². The standard InChI is InChI=1S/C17H26O/c1-12(2)6-8-15-9-11-17(18)16(14(15)5)10-7-13(3)4/h6-7,15H,8-11H2,1-5H3/t15-/m0/s1. The summed E-state index contributed by atoms with van der Waals surface area (Å²) >= 11 is 0. The number of rotatable bonds is 4. The average Bonchev–Trinajstić information content (AvgIpc) is 2.27. The minimum Gasteiger partial charge on any atom is -0.295 e. The molecular formula is C17H26O. The molecule has 0 radical (unpaired) electrons. The Labute approximate surface area is 112 Å². The maximum absolute atomic E-state index is 12.0. The lowest BCUT2D eigenvalue weighted by molar-refractivity contribution is -0.116. The molecule has 1 heteroatoms. The summed E-state index contributed by atoms with van der Waals surface area (Å²) in [7, 11) is 0. The van der Waals surface area contributed by atoms with E-state index in [0.717, 1.165) is 31.3 Å². The molecular weight excluding hydrogens is 220 g/mol. The van der Waals surface area contributed by atoms with Gasteiger partial charge in [-0.1, -0.05) is 28.9 Å². The van der Waals surface area contributed by atoms with Crippen LogP contribution in [0.4, 0.5) is 0 Å². The minimum absolute atomic E-state index is 0.360. The van der Waals surface area contributed by atoms with E-state index < -0.39 is 0 Å². The summed E-state index contributed by atoms with van der Waals surface area (Å²) in [5, 5.41) is 0. The maximum atomic E-state index is 12.0.